The molecule has 7 heteroatoms. The highest BCUT2D eigenvalue weighted by Crippen LogP contribution is 2.39. The van der Waals surface area contributed by atoms with Crippen molar-refractivity contribution < 1.29 is 22.0 Å². The van der Waals surface area contributed by atoms with Gasteiger partial charge in [-0.2, -0.15) is 17.6 Å². The smallest absolute Gasteiger partial charge is 0.251 e. The number of rotatable bonds is 12. The van der Waals surface area contributed by atoms with Crippen LogP contribution in [0.25, 0.3) is 33.4 Å². The Morgan fingerprint density at radius 1 is 0.596 bits per heavy atom. The Kier molecular flexibility index (Phi) is 14.1. The molecule has 0 unspecified atom stereocenters. The summed E-state index contributed by atoms with van der Waals surface area (Å²) in [5, 5.41) is 0. The SMILES string of the molecule is CCCCCCCC[C@H]1CC[C@H](c2ccc(-c3ccc(C(F)(F)F)nc3)c(F)c2)CC1.CCc1ccc(-c2ccc(-c3ccc(F)nc3)cc2)cc1. The van der Waals surface area contributed by atoms with Crippen molar-refractivity contribution in [2.75, 3.05) is 0 Å². The number of hydrogen-bond donors (Lipinski definition) is 0. The summed E-state index contributed by atoms with van der Waals surface area (Å²) >= 11 is 0. The van der Waals surface area contributed by atoms with Gasteiger partial charge in [-0.15, -0.1) is 0 Å². The van der Waals surface area contributed by atoms with Gasteiger partial charge in [-0.3, -0.25) is 4.98 Å². The standard InChI is InChI=1S/C26H33F4N.C19H16FN/c1-2-3-4-5-6-7-8-19-9-11-20(12-10-19)21-13-15-23(24(27)17-21)22-14-16-25(31-18-22)26(28,29)30;1-2-14-3-5-15(6-4-14)16-7-9-17(10-8-16)18-11-12-19(20)21-13-18/h13-20H,2-12H2,1H3;3-13H,2H2,1H3/t19-,20-;. The Morgan fingerprint density at radius 3 is 1.73 bits per heavy atom. The molecule has 1 fully saturated rings. The van der Waals surface area contributed by atoms with Crippen LogP contribution in [0.1, 0.15) is 107 Å². The molecule has 6 rings (SSSR count). The van der Waals surface area contributed by atoms with Crippen LogP contribution in [-0.2, 0) is 12.6 Å². The number of nitrogens with zero attached hydrogens (tertiary/aromatic N) is 2. The number of unbranched alkanes of at least 4 members (excludes halogenated alkanes) is 5. The van der Waals surface area contributed by atoms with Crippen molar-refractivity contribution in [2.24, 2.45) is 5.92 Å². The van der Waals surface area contributed by atoms with Crippen molar-refractivity contribution in [1.82, 2.24) is 9.97 Å². The summed E-state index contributed by atoms with van der Waals surface area (Å²) in [6.07, 6.45) is 13.1. The molecule has 1 aliphatic rings. The molecule has 2 aromatic heterocycles. The van der Waals surface area contributed by atoms with E-state index in [1.807, 2.05) is 18.2 Å². The second-order valence-electron chi connectivity index (χ2n) is 13.9. The van der Waals surface area contributed by atoms with E-state index < -0.39 is 23.6 Å². The highest BCUT2D eigenvalue weighted by molar-refractivity contribution is 5.70. The minimum atomic E-state index is -4.49. The summed E-state index contributed by atoms with van der Waals surface area (Å²) in [5.74, 6) is 0.319. The average molecular weight is 713 g/mol. The van der Waals surface area contributed by atoms with Crippen LogP contribution in [0.15, 0.2) is 103 Å². The zero-order valence-electron chi connectivity index (χ0n) is 30.2. The van der Waals surface area contributed by atoms with Crippen LogP contribution in [0.4, 0.5) is 22.0 Å². The third-order valence-corrected chi connectivity index (χ3v) is 10.3. The fourth-order valence-corrected chi connectivity index (χ4v) is 7.07. The number of halogens is 5. The van der Waals surface area contributed by atoms with E-state index >= 15 is 0 Å². The molecule has 274 valence electrons. The lowest BCUT2D eigenvalue weighted by atomic mass is 9.77. The van der Waals surface area contributed by atoms with Gasteiger partial charge < -0.3 is 0 Å². The van der Waals surface area contributed by atoms with E-state index in [1.54, 1.807) is 24.4 Å². The third kappa shape index (κ3) is 11.1. The molecule has 0 aliphatic heterocycles. The van der Waals surface area contributed by atoms with Gasteiger partial charge in [0.1, 0.15) is 11.5 Å². The Hall–Kier alpha value is -4.39. The van der Waals surface area contributed by atoms with E-state index in [4.69, 9.17) is 0 Å². The minimum Gasteiger partial charge on any atom is -0.251 e. The highest BCUT2D eigenvalue weighted by atomic mass is 19.4. The van der Waals surface area contributed by atoms with E-state index in [9.17, 15) is 22.0 Å². The minimum absolute atomic E-state index is 0.293. The van der Waals surface area contributed by atoms with Crippen LogP contribution in [0.2, 0.25) is 0 Å². The van der Waals surface area contributed by atoms with E-state index in [0.717, 1.165) is 54.1 Å². The van der Waals surface area contributed by atoms with Crippen LogP contribution >= 0.6 is 0 Å². The molecule has 0 amide bonds. The van der Waals surface area contributed by atoms with Gasteiger partial charge in [0, 0.05) is 29.1 Å². The highest BCUT2D eigenvalue weighted by Gasteiger charge is 2.32. The molecule has 0 spiro atoms. The van der Waals surface area contributed by atoms with E-state index in [1.165, 1.54) is 86.6 Å². The second-order valence-corrected chi connectivity index (χ2v) is 13.9. The van der Waals surface area contributed by atoms with Crippen LogP contribution in [0.3, 0.4) is 0 Å². The quantitative estimate of drug-likeness (QED) is 0.0731. The first-order valence-corrected chi connectivity index (χ1v) is 18.8. The maximum Gasteiger partial charge on any atom is 0.433 e. The normalized spacial score (nSPS) is 15.9. The van der Waals surface area contributed by atoms with E-state index in [0.29, 0.717) is 17.0 Å². The summed E-state index contributed by atoms with van der Waals surface area (Å²) in [4.78, 5) is 7.13. The van der Waals surface area contributed by atoms with Crippen LogP contribution in [0.5, 0.6) is 0 Å². The first kappa shape index (κ1) is 38.8. The third-order valence-electron chi connectivity index (χ3n) is 10.3. The lowest BCUT2D eigenvalue weighted by molar-refractivity contribution is -0.141. The van der Waals surface area contributed by atoms with Crippen molar-refractivity contribution in [2.45, 2.75) is 103 Å². The van der Waals surface area contributed by atoms with Crippen LogP contribution in [0, 0.1) is 17.7 Å². The molecule has 0 saturated heterocycles. The zero-order chi connectivity index (χ0) is 36.9. The molecular formula is C45H49F5N2. The van der Waals surface area contributed by atoms with E-state index in [-0.39, 0.29) is 0 Å². The van der Waals surface area contributed by atoms with Crippen LogP contribution < -0.4 is 0 Å². The van der Waals surface area contributed by atoms with Crippen molar-refractivity contribution >= 4 is 0 Å². The number of aromatic nitrogens is 2. The fraction of sp³-hybridized carbons (Fsp3) is 0.378. The number of alkyl halides is 3. The van der Waals surface area contributed by atoms with Crippen molar-refractivity contribution in [3.8, 4) is 33.4 Å². The molecule has 0 atom stereocenters. The van der Waals surface area contributed by atoms with Gasteiger partial charge in [0.15, 0.2) is 0 Å². The van der Waals surface area contributed by atoms with Crippen molar-refractivity contribution in [1.29, 1.82) is 0 Å². The summed E-state index contributed by atoms with van der Waals surface area (Å²) in [5.41, 5.74) is 6.37. The molecule has 5 aromatic rings. The Labute approximate surface area is 305 Å². The second kappa shape index (κ2) is 18.9. The lowest BCUT2D eigenvalue weighted by Crippen LogP contribution is -2.13. The topological polar surface area (TPSA) is 25.8 Å². The first-order valence-electron chi connectivity index (χ1n) is 18.8. The molecule has 3 aromatic carbocycles. The molecule has 52 heavy (non-hydrogen) atoms. The summed E-state index contributed by atoms with van der Waals surface area (Å²) in [6, 6.07) is 27.3. The Balaban J connectivity index is 0.000000216. The first-order chi connectivity index (χ1) is 25.1. The number of benzene rings is 3. The van der Waals surface area contributed by atoms with Gasteiger partial charge in [-0.25, -0.2) is 9.37 Å². The maximum atomic E-state index is 14.7. The number of hydrogen-bond acceptors (Lipinski definition) is 2. The molecule has 0 bridgehead atoms. The van der Waals surface area contributed by atoms with Crippen molar-refractivity contribution in [3.05, 3.63) is 132 Å². The van der Waals surface area contributed by atoms with Crippen molar-refractivity contribution in [3.63, 3.8) is 0 Å². The van der Waals surface area contributed by atoms with Gasteiger partial charge in [-0.05, 0) is 96.0 Å². The van der Waals surface area contributed by atoms with Gasteiger partial charge in [0.2, 0.25) is 5.95 Å². The predicted octanol–water partition coefficient (Wildman–Crippen LogP) is 14.0. The summed E-state index contributed by atoms with van der Waals surface area (Å²) in [6.45, 7) is 4.39. The molecule has 2 heterocycles. The molecule has 1 aliphatic carbocycles. The molecule has 0 N–H and O–H groups in total. The largest absolute Gasteiger partial charge is 0.433 e. The molecule has 2 nitrogen and oxygen atoms in total. The average Bonchev–Trinajstić information content (AvgIpc) is 3.17. The van der Waals surface area contributed by atoms with Crippen LogP contribution in [-0.4, -0.2) is 9.97 Å². The van der Waals surface area contributed by atoms with Gasteiger partial charge >= 0.3 is 6.18 Å². The summed E-state index contributed by atoms with van der Waals surface area (Å²) in [7, 11) is 0. The number of aryl methyl sites for hydroxylation is 1. The zero-order valence-corrected chi connectivity index (χ0v) is 30.2. The molecular weight excluding hydrogens is 663 g/mol. The van der Waals surface area contributed by atoms with Gasteiger partial charge in [-0.1, -0.05) is 126 Å². The lowest BCUT2D eigenvalue weighted by Gasteiger charge is -2.29. The fourth-order valence-electron chi connectivity index (χ4n) is 7.07. The van der Waals surface area contributed by atoms with Gasteiger partial charge in [0.25, 0.3) is 0 Å². The Bertz CT molecular complexity index is 1790. The Morgan fingerprint density at radius 2 is 1.17 bits per heavy atom. The summed E-state index contributed by atoms with van der Waals surface area (Å²) < 4.78 is 65.6. The molecule has 1 saturated carbocycles. The van der Waals surface area contributed by atoms with Gasteiger partial charge in [0.05, 0.1) is 0 Å². The molecule has 0 radical (unpaired) electrons. The predicted molar refractivity (Wildman–Crippen MR) is 202 cm³/mol. The maximum absolute atomic E-state index is 14.7. The number of pyridine rings is 2. The van der Waals surface area contributed by atoms with E-state index in [2.05, 4.69) is 60.2 Å². The monoisotopic (exact) mass is 712 g/mol.